The van der Waals surface area contributed by atoms with Crippen molar-refractivity contribution in [2.45, 2.75) is 6.18 Å². The van der Waals surface area contributed by atoms with Crippen LogP contribution in [-0.4, -0.2) is 31.0 Å². The first-order chi connectivity index (χ1) is 14.0. The van der Waals surface area contributed by atoms with E-state index in [0.29, 0.717) is 6.07 Å². The van der Waals surface area contributed by atoms with Gasteiger partial charge in [0.2, 0.25) is 5.90 Å². The highest BCUT2D eigenvalue weighted by molar-refractivity contribution is 6.32. The van der Waals surface area contributed by atoms with E-state index in [4.69, 9.17) is 21.1 Å². The summed E-state index contributed by atoms with van der Waals surface area (Å²) in [4.78, 5) is 25.5. The Morgan fingerprint density at radius 2 is 1.93 bits per heavy atom. The van der Waals surface area contributed by atoms with Crippen LogP contribution in [0.25, 0.3) is 0 Å². The second-order valence-corrected chi connectivity index (χ2v) is 5.89. The van der Waals surface area contributed by atoms with Gasteiger partial charge in [-0.1, -0.05) is 11.6 Å². The number of methoxy groups -OCH3 is 1. The molecule has 0 aliphatic heterocycles. The maximum absolute atomic E-state index is 14.2. The molecule has 0 aromatic heterocycles. The predicted molar refractivity (Wildman–Crippen MR) is 97.6 cm³/mol. The van der Waals surface area contributed by atoms with Crippen LogP contribution in [0.1, 0.15) is 11.1 Å². The number of urea groups is 1. The Labute approximate surface area is 171 Å². The lowest BCUT2D eigenvalue weighted by molar-refractivity contribution is -0.385. The number of carbonyl (C=O) groups is 1. The molecule has 2 aromatic rings. The molecule has 0 radical (unpaired) electrons. The molecule has 8 nitrogen and oxygen atoms in total. The first kappa shape index (κ1) is 22.9. The Hall–Kier alpha value is -3.41. The molecule has 0 aliphatic carbocycles. The van der Waals surface area contributed by atoms with Crippen molar-refractivity contribution in [2.75, 3.05) is 14.2 Å². The van der Waals surface area contributed by atoms with Crippen LogP contribution < -0.4 is 10.1 Å². The molecule has 2 amide bonds. The van der Waals surface area contributed by atoms with E-state index in [9.17, 15) is 32.5 Å². The van der Waals surface area contributed by atoms with E-state index in [1.807, 2.05) is 0 Å². The predicted octanol–water partition coefficient (Wildman–Crippen LogP) is 4.93. The molecule has 0 fully saturated rings. The fourth-order valence-electron chi connectivity index (χ4n) is 2.21. The second-order valence-electron chi connectivity index (χ2n) is 5.48. The van der Waals surface area contributed by atoms with E-state index >= 15 is 0 Å². The maximum Gasteiger partial charge on any atom is 0.416 e. The van der Waals surface area contributed by atoms with Crippen LogP contribution in [0.5, 0.6) is 11.5 Å². The SMILES string of the molecule is CNC(=O)N=C(OC)c1cc(Oc2c(F)cc(C(F)(F)F)cc2Cl)ccc1[N+](=O)[O-]. The van der Waals surface area contributed by atoms with Crippen molar-refractivity contribution in [3.8, 4) is 11.5 Å². The van der Waals surface area contributed by atoms with Gasteiger partial charge in [0.15, 0.2) is 11.6 Å². The summed E-state index contributed by atoms with van der Waals surface area (Å²) in [5.41, 5.74) is -2.14. The lowest BCUT2D eigenvalue weighted by Gasteiger charge is -2.13. The van der Waals surface area contributed by atoms with Crippen molar-refractivity contribution in [3.63, 3.8) is 0 Å². The van der Waals surface area contributed by atoms with E-state index in [2.05, 4.69) is 10.3 Å². The molecule has 0 bridgehead atoms. The van der Waals surface area contributed by atoms with Crippen LogP contribution in [0, 0.1) is 15.9 Å². The number of benzene rings is 2. The molecule has 0 aliphatic rings. The third kappa shape index (κ3) is 5.14. The average molecular weight is 450 g/mol. The largest absolute Gasteiger partial charge is 0.480 e. The molecule has 0 saturated carbocycles. The van der Waals surface area contributed by atoms with Gasteiger partial charge < -0.3 is 14.8 Å². The van der Waals surface area contributed by atoms with Gasteiger partial charge in [-0.3, -0.25) is 10.1 Å². The molecule has 0 heterocycles. The number of nitrogens with one attached hydrogen (secondary N) is 1. The molecule has 160 valence electrons. The summed E-state index contributed by atoms with van der Waals surface area (Å²) < 4.78 is 62.5. The summed E-state index contributed by atoms with van der Waals surface area (Å²) in [7, 11) is 2.37. The zero-order valence-corrected chi connectivity index (χ0v) is 16.0. The number of hydrogen-bond acceptors (Lipinski definition) is 5. The number of nitro groups is 1. The quantitative estimate of drug-likeness (QED) is 0.234. The van der Waals surface area contributed by atoms with Crippen molar-refractivity contribution in [1.82, 2.24) is 5.32 Å². The monoisotopic (exact) mass is 449 g/mol. The Morgan fingerprint density at radius 3 is 2.43 bits per heavy atom. The van der Waals surface area contributed by atoms with Crippen molar-refractivity contribution >= 4 is 29.2 Å². The first-order valence-electron chi connectivity index (χ1n) is 7.85. The van der Waals surface area contributed by atoms with Gasteiger partial charge >= 0.3 is 12.2 Å². The minimum Gasteiger partial charge on any atom is -0.480 e. The zero-order valence-electron chi connectivity index (χ0n) is 15.2. The van der Waals surface area contributed by atoms with Gasteiger partial charge in [0.05, 0.1) is 22.6 Å². The summed E-state index contributed by atoms with van der Waals surface area (Å²) in [6.45, 7) is 0. The highest BCUT2D eigenvalue weighted by Gasteiger charge is 2.33. The van der Waals surface area contributed by atoms with Crippen molar-refractivity contribution < 1.29 is 36.8 Å². The molecule has 1 N–H and O–H groups in total. The number of nitro benzene ring substituents is 1. The number of alkyl halides is 3. The molecule has 13 heteroatoms. The molecule has 0 unspecified atom stereocenters. The topological polar surface area (TPSA) is 103 Å². The Morgan fingerprint density at radius 1 is 1.27 bits per heavy atom. The number of hydrogen-bond donors (Lipinski definition) is 1. The van der Waals surface area contributed by atoms with E-state index in [1.54, 1.807) is 0 Å². The van der Waals surface area contributed by atoms with Crippen molar-refractivity contribution in [3.05, 3.63) is 62.4 Å². The summed E-state index contributed by atoms with van der Waals surface area (Å²) in [6.07, 6.45) is -4.83. The average Bonchev–Trinajstić information content (AvgIpc) is 2.67. The van der Waals surface area contributed by atoms with Crippen LogP contribution in [0.2, 0.25) is 5.02 Å². The molecule has 0 spiro atoms. The van der Waals surface area contributed by atoms with Gasteiger partial charge in [0.25, 0.3) is 5.69 Å². The standard InChI is InChI=1S/C17H12ClF4N3O5/c1-23-16(26)24-15(29-2)10-7-9(3-4-13(10)25(27)28)30-14-11(18)5-8(6-12(14)19)17(20,21)22/h3-7H,1-2H3,(H,23,26). The minimum atomic E-state index is -4.83. The number of carbonyl (C=O) groups excluding carboxylic acids is 1. The number of amides is 2. The summed E-state index contributed by atoms with van der Waals surface area (Å²) >= 11 is 5.72. The van der Waals surface area contributed by atoms with Crippen LogP contribution in [-0.2, 0) is 10.9 Å². The van der Waals surface area contributed by atoms with Crippen LogP contribution in [0.3, 0.4) is 0 Å². The number of rotatable bonds is 4. The van der Waals surface area contributed by atoms with Crippen molar-refractivity contribution in [1.29, 1.82) is 0 Å². The molecule has 2 aromatic carbocycles. The lowest BCUT2D eigenvalue weighted by atomic mass is 10.1. The van der Waals surface area contributed by atoms with E-state index in [0.717, 1.165) is 25.3 Å². The molecular weight excluding hydrogens is 438 g/mol. The van der Waals surface area contributed by atoms with Gasteiger partial charge in [0.1, 0.15) is 11.3 Å². The first-order valence-corrected chi connectivity index (χ1v) is 8.23. The third-order valence-corrected chi connectivity index (χ3v) is 3.83. The van der Waals surface area contributed by atoms with Crippen LogP contribution in [0.15, 0.2) is 35.3 Å². The van der Waals surface area contributed by atoms with Gasteiger partial charge in [-0.2, -0.15) is 18.2 Å². The van der Waals surface area contributed by atoms with Gasteiger partial charge in [0, 0.05) is 19.2 Å². The van der Waals surface area contributed by atoms with Gasteiger partial charge in [-0.15, -0.1) is 0 Å². The fraction of sp³-hybridized carbons (Fsp3) is 0.176. The minimum absolute atomic E-state index is 0.196. The normalized spacial score (nSPS) is 11.8. The van der Waals surface area contributed by atoms with Gasteiger partial charge in [-0.25, -0.2) is 9.18 Å². The molecular formula is C17H12ClF4N3O5. The molecule has 2 rings (SSSR count). The molecule has 0 saturated heterocycles. The maximum atomic E-state index is 14.2. The lowest BCUT2D eigenvalue weighted by Crippen LogP contribution is -2.17. The van der Waals surface area contributed by atoms with E-state index < -0.39 is 50.9 Å². The Bertz CT molecular complexity index is 1000. The highest BCUT2D eigenvalue weighted by Crippen LogP contribution is 2.39. The summed E-state index contributed by atoms with van der Waals surface area (Å²) in [5.74, 6) is -2.82. The summed E-state index contributed by atoms with van der Waals surface area (Å²) in [5, 5.41) is 12.8. The van der Waals surface area contributed by atoms with Crippen molar-refractivity contribution in [2.24, 2.45) is 4.99 Å². The number of halogens is 5. The fourth-order valence-corrected chi connectivity index (χ4v) is 2.46. The van der Waals surface area contributed by atoms with Gasteiger partial charge in [-0.05, 0) is 18.2 Å². The molecule has 0 atom stereocenters. The Balaban J connectivity index is 2.54. The number of nitrogens with zero attached hydrogens (tertiary/aromatic N) is 2. The van der Waals surface area contributed by atoms with Crippen LogP contribution in [0.4, 0.5) is 28.0 Å². The molecule has 30 heavy (non-hydrogen) atoms. The zero-order chi connectivity index (χ0) is 22.6. The third-order valence-electron chi connectivity index (χ3n) is 3.55. The van der Waals surface area contributed by atoms with E-state index in [1.165, 1.54) is 7.05 Å². The number of aliphatic imine (C=N–C) groups is 1. The Kier molecular flexibility index (Phi) is 6.82. The highest BCUT2D eigenvalue weighted by atomic mass is 35.5. The summed E-state index contributed by atoms with van der Waals surface area (Å²) in [6, 6.07) is 2.81. The van der Waals surface area contributed by atoms with E-state index in [-0.39, 0.29) is 17.4 Å². The second kappa shape index (κ2) is 8.95. The smallest absolute Gasteiger partial charge is 0.416 e. The van der Waals surface area contributed by atoms with Crippen LogP contribution >= 0.6 is 11.6 Å². The number of ether oxygens (including phenoxy) is 2.